The van der Waals surface area contributed by atoms with Gasteiger partial charge in [0.05, 0.1) is 5.69 Å². The predicted molar refractivity (Wildman–Crippen MR) is 80.7 cm³/mol. The molecule has 0 spiro atoms. The first-order chi connectivity index (χ1) is 8.65. The van der Waals surface area contributed by atoms with Crippen LogP contribution in [-0.4, -0.2) is 16.5 Å². The Bertz CT molecular complexity index is 362. The van der Waals surface area contributed by atoms with E-state index in [1.54, 1.807) is 11.8 Å². The summed E-state index contributed by atoms with van der Waals surface area (Å²) in [7, 11) is 0. The quantitative estimate of drug-likeness (QED) is 0.495. The van der Waals surface area contributed by atoms with E-state index >= 15 is 0 Å². The maximum Gasteiger partial charge on any atom is 0.256 e. The van der Waals surface area contributed by atoms with Crippen LogP contribution in [0.4, 0.5) is 0 Å². The molecule has 0 radical (unpaired) electrons. The summed E-state index contributed by atoms with van der Waals surface area (Å²) in [6.07, 6.45) is 8.09. The lowest BCUT2D eigenvalue weighted by Crippen LogP contribution is -2.25. The van der Waals surface area contributed by atoms with Gasteiger partial charge in [-0.25, -0.2) is 4.98 Å². The molecular weight excluding hydrogens is 262 g/mol. The minimum absolute atomic E-state index is 0.389. The van der Waals surface area contributed by atoms with Crippen molar-refractivity contribution in [1.82, 2.24) is 4.98 Å². The SMILES string of the molecule is Cc1nc(SCC2(CS)CCCCCC2)oc1C. The van der Waals surface area contributed by atoms with Gasteiger partial charge in [-0.3, -0.25) is 0 Å². The largest absolute Gasteiger partial charge is 0.437 e. The smallest absolute Gasteiger partial charge is 0.256 e. The highest BCUT2D eigenvalue weighted by molar-refractivity contribution is 7.99. The van der Waals surface area contributed by atoms with Crippen LogP contribution in [-0.2, 0) is 0 Å². The number of aryl methyl sites for hydroxylation is 2. The Morgan fingerprint density at radius 3 is 2.39 bits per heavy atom. The van der Waals surface area contributed by atoms with Crippen LogP contribution in [0, 0.1) is 19.3 Å². The van der Waals surface area contributed by atoms with E-state index in [9.17, 15) is 0 Å². The van der Waals surface area contributed by atoms with Crippen molar-refractivity contribution in [2.75, 3.05) is 11.5 Å². The Morgan fingerprint density at radius 2 is 1.89 bits per heavy atom. The van der Waals surface area contributed by atoms with Crippen LogP contribution in [0.5, 0.6) is 0 Å². The second-order valence-corrected chi connectivity index (χ2v) is 6.73. The van der Waals surface area contributed by atoms with E-state index in [0.717, 1.165) is 28.2 Å². The summed E-state index contributed by atoms with van der Waals surface area (Å²) < 4.78 is 5.65. The van der Waals surface area contributed by atoms with E-state index in [-0.39, 0.29) is 0 Å². The van der Waals surface area contributed by atoms with Crippen LogP contribution >= 0.6 is 24.4 Å². The summed E-state index contributed by atoms with van der Waals surface area (Å²) in [5, 5.41) is 0.829. The average molecular weight is 285 g/mol. The fourth-order valence-electron chi connectivity index (χ4n) is 2.55. The van der Waals surface area contributed by atoms with Gasteiger partial charge in [-0.05, 0) is 37.9 Å². The van der Waals surface area contributed by atoms with Gasteiger partial charge in [0.25, 0.3) is 5.22 Å². The molecule has 1 aromatic rings. The number of rotatable bonds is 4. The lowest BCUT2D eigenvalue weighted by molar-refractivity contribution is 0.330. The van der Waals surface area contributed by atoms with Gasteiger partial charge in [0.2, 0.25) is 0 Å². The van der Waals surface area contributed by atoms with Crippen molar-refractivity contribution in [2.45, 2.75) is 57.6 Å². The first kappa shape index (κ1) is 14.3. The Kier molecular flexibility index (Phi) is 5.07. The summed E-state index contributed by atoms with van der Waals surface area (Å²) in [6, 6.07) is 0. The van der Waals surface area contributed by atoms with Crippen molar-refractivity contribution in [3.8, 4) is 0 Å². The summed E-state index contributed by atoms with van der Waals surface area (Å²) in [5.41, 5.74) is 1.40. The average Bonchev–Trinajstić information content (AvgIpc) is 2.58. The molecule has 0 unspecified atom stereocenters. The standard InChI is InChI=1S/C14H23NOS2/c1-11-12(2)16-13(15-11)18-10-14(9-17)7-5-3-4-6-8-14/h17H,3-10H2,1-2H3. The molecule has 1 aliphatic rings. The minimum atomic E-state index is 0.389. The Morgan fingerprint density at radius 1 is 1.22 bits per heavy atom. The van der Waals surface area contributed by atoms with Gasteiger partial charge in [0.15, 0.2) is 0 Å². The molecule has 1 heterocycles. The molecule has 0 aromatic carbocycles. The maximum atomic E-state index is 5.65. The van der Waals surface area contributed by atoms with Crippen LogP contribution in [0.25, 0.3) is 0 Å². The summed E-state index contributed by atoms with van der Waals surface area (Å²) >= 11 is 6.37. The Balaban J connectivity index is 1.97. The number of oxazole rings is 1. The van der Waals surface area contributed by atoms with Gasteiger partial charge in [0, 0.05) is 5.75 Å². The molecule has 102 valence electrons. The molecule has 18 heavy (non-hydrogen) atoms. The molecule has 1 aliphatic carbocycles. The van der Waals surface area contributed by atoms with Crippen molar-refractivity contribution < 1.29 is 4.42 Å². The van der Waals surface area contributed by atoms with Crippen LogP contribution in [0.15, 0.2) is 9.64 Å². The summed E-state index contributed by atoms with van der Waals surface area (Å²) in [4.78, 5) is 4.45. The van der Waals surface area contributed by atoms with Gasteiger partial charge >= 0.3 is 0 Å². The van der Waals surface area contributed by atoms with Crippen molar-refractivity contribution in [3.63, 3.8) is 0 Å². The van der Waals surface area contributed by atoms with Gasteiger partial charge in [-0.1, -0.05) is 37.4 Å². The highest BCUT2D eigenvalue weighted by Crippen LogP contribution is 2.40. The zero-order valence-corrected chi connectivity index (χ0v) is 13.1. The molecule has 0 N–H and O–H groups in total. The van der Waals surface area contributed by atoms with Crippen molar-refractivity contribution >= 4 is 24.4 Å². The minimum Gasteiger partial charge on any atom is -0.437 e. The molecule has 1 saturated carbocycles. The van der Waals surface area contributed by atoms with E-state index in [1.165, 1.54) is 38.5 Å². The summed E-state index contributed by atoms with van der Waals surface area (Å²) in [6.45, 7) is 3.98. The third-order valence-electron chi connectivity index (χ3n) is 4.01. The molecular formula is C14H23NOS2. The zero-order chi connectivity index (χ0) is 13.0. The Labute approximate surface area is 120 Å². The van der Waals surface area contributed by atoms with Crippen molar-refractivity contribution in [2.24, 2.45) is 5.41 Å². The van der Waals surface area contributed by atoms with Crippen LogP contribution in [0.2, 0.25) is 0 Å². The summed E-state index contributed by atoms with van der Waals surface area (Å²) in [5.74, 6) is 3.02. The zero-order valence-electron chi connectivity index (χ0n) is 11.4. The van der Waals surface area contributed by atoms with Gasteiger partial charge in [-0.15, -0.1) is 0 Å². The predicted octanol–water partition coefficient (Wildman–Crippen LogP) is 4.65. The van der Waals surface area contributed by atoms with E-state index in [1.807, 2.05) is 13.8 Å². The van der Waals surface area contributed by atoms with Crippen LogP contribution in [0.3, 0.4) is 0 Å². The number of thioether (sulfide) groups is 1. The van der Waals surface area contributed by atoms with Crippen LogP contribution in [0.1, 0.15) is 50.0 Å². The van der Waals surface area contributed by atoms with Gasteiger partial charge < -0.3 is 4.42 Å². The first-order valence-electron chi connectivity index (χ1n) is 6.83. The molecule has 2 rings (SSSR count). The second kappa shape index (κ2) is 6.38. The van der Waals surface area contributed by atoms with E-state index in [4.69, 9.17) is 4.42 Å². The second-order valence-electron chi connectivity index (χ2n) is 5.48. The fraction of sp³-hybridized carbons (Fsp3) is 0.786. The van der Waals surface area contributed by atoms with Crippen molar-refractivity contribution in [1.29, 1.82) is 0 Å². The van der Waals surface area contributed by atoms with Gasteiger partial charge in [0.1, 0.15) is 5.76 Å². The molecule has 4 heteroatoms. The normalized spacial score (nSPS) is 19.7. The topological polar surface area (TPSA) is 26.0 Å². The molecule has 0 saturated heterocycles. The lowest BCUT2D eigenvalue weighted by atomic mass is 9.84. The number of hydrogen-bond acceptors (Lipinski definition) is 4. The monoisotopic (exact) mass is 285 g/mol. The fourth-order valence-corrected chi connectivity index (χ4v) is 4.33. The Hall–Kier alpha value is -0.0900. The number of thiol groups is 1. The van der Waals surface area contributed by atoms with E-state index in [2.05, 4.69) is 17.6 Å². The molecule has 2 nitrogen and oxygen atoms in total. The molecule has 1 aromatic heterocycles. The third kappa shape index (κ3) is 3.47. The number of nitrogens with zero attached hydrogens (tertiary/aromatic N) is 1. The highest BCUT2D eigenvalue weighted by atomic mass is 32.2. The first-order valence-corrected chi connectivity index (χ1v) is 8.45. The number of hydrogen-bond donors (Lipinski definition) is 1. The van der Waals surface area contributed by atoms with Gasteiger partial charge in [-0.2, -0.15) is 12.6 Å². The van der Waals surface area contributed by atoms with Crippen LogP contribution < -0.4 is 0 Å². The molecule has 1 fully saturated rings. The van der Waals surface area contributed by atoms with E-state index < -0.39 is 0 Å². The third-order valence-corrected chi connectivity index (χ3v) is 5.86. The van der Waals surface area contributed by atoms with E-state index in [0.29, 0.717) is 5.41 Å². The molecule has 0 aliphatic heterocycles. The highest BCUT2D eigenvalue weighted by Gasteiger charge is 2.30. The number of aromatic nitrogens is 1. The molecule has 0 amide bonds. The molecule has 0 bridgehead atoms. The maximum absolute atomic E-state index is 5.65. The molecule has 0 atom stereocenters. The van der Waals surface area contributed by atoms with Crippen molar-refractivity contribution in [3.05, 3.63) is 11.5 Å². The lowest BCUT2D eigenvalue weighted by Gasteiger charge is -2.30.